The van der Waals surface area contributed by atoms with Gasteiger partial charge >= 0.3 is 0 Å². The summed E-state index contributed by atoms with van der Waals surface area (Å²) < 4.78 is 6.94. The molecule has 0 amide bonds. The van der Waals surface area contributed by atoms with Gasteiger partial charge in [-0.3, -0.25) is 0 Å². The normalized spacial score (nSPS) is 13.7. The molecule has 75 heavy (non-hydrogen) atoms. The van der Waals surface area contributed by atoms with Gasteiger partial charge in [-0.15, -0.1) is 0 Å². The number of hydrogen-bond acceptors (Lipinski definition) is 5. The fraction of sp³-hybridized carbons (Fsp3) is 0.290. The van der Waals surface area contributed by atoms with E-state index < -0.39 is 0 Å². The fourth-order valence-corrected chi connectivity index (χ4v) is 11.1. The average molecular weight is 985 g/mol. The number of anilines is 9. The molecule has 0 radical (unpaired) electrons. The zero-order valence-electron chi connectivity index (χ0n) is 46.9. The smallest absolute Gasteiger partial charge is 0.252 e. The molecule has 2 aliphatic rings. The molecular weight excluding hydrogens is 912 g/mol. The van der Waals surface area contributed by atoms with Crippen LogP contribution < -0.4 is 31.1 Å². The van der Waals surface area contributed by atoms with Crippen molar-refractivity contribution in [3.05, 3.63) is 198 Å². The molecule has 6 heteroatoms. The number of nitrogens with zero attached hydrogens (tertiary/aromatic N) is 4. The Morgan fingerprint density at radius 1 is 0.387 bits per heavy atom. The molecule has 5 nitrogen and oxygen atoms in total. The first kappa shape index (κ1) is 49.9. The molecule has 0 saturated carbocycles. The van der Waals surface area contributed by atoms with Crippen molar-refractivity contribution in [2.75, 3.05) is 14.7 Å². The molecule has 0 bridgehead atoms. The lowest BCUT2D eigenvalue weighted by molar-refractivity contribution is 0.568. The van der Waals surface area contributed by atoms with E-state index in [1.165, 1.54) is 49.9 Å². The van der Waals surface area contributed by atoms with Gasteiger partial charge in [0.05, 0.1) is 5.69 Å². The third-order valence-electron chi connectivity index (χ3n) is 15.6. The van der Waals surface area contributed by atoms with Crippen molar-refractivity contribution < 1.29 is 4.42 Å². The van der Waals surface area contributed by atoms with Crippen LogP contribution in [0, 0.1) is 0 Å². The summed E-state index contributed by atoms with van der Waals surface area (Å²) in [5.74, 6) is 0.620. The van der Waals surface area contributed by atoms with Gasteiger partial charge in [-0.05, 0) is 162 Å². The first-order valence-electron chi connectivity index (χ1n) is 27.0. The predicted molar refractivity (Wildman–Crippen MR) is 322 cm³/mol. The molecule has 8 aromatic carbocycles. The number of fused-ring (bicyclic) bond motifs is 5. The van der Waals surface area contributed by atoms with Crippen LogP contribution in [0.1, 0.15) is 132 Å². The number of hydrogen-bond donors (Lipinski definition) is 0. The maximum absolute atomic E-state index is 6.94. The Hall–Kier alpha value is -7.31. The topological polar surface area (TPSA) is 35.8 Å². The lowest BCUT2D eigenvalue weighted by Gasteiger charge is -2.45. The van der Waals surface area contributed by atoms with E-state index in [1.807, 2.05) is 0 Å². The zero-order valence-corrected chi connectivity index (χ0v) is 46.9. The minimum atomic E-state index is -0.156. The summed E-state index contributed by atoms with van der Waals surface area (Å²) >= 11 is 0. The molecule has 9 aromatic rings. The van der Waals surface area contributed by atoms with Gasteiger partial charge in [0.2, 0.25) is 5.89 Å². The Morgan fingerprint density at radius 2 is 0.853 bits per heavy atom. The summed E-state index contributed by atoms with van der Waals surface area (Å²) in [5.41, 5.74) is 22.4. The number of oxazole rings is 1. The fourth-order valence-electron chi connectivity index (χ4n) is 11.1. The number of benzene rings is 8. The molecule has 3 heterocycles. The van der Waals surface area contributed by atoms with Crippen molar-refractivity contribution >= 4 is 85.4 Å². The van der Waals surface area contributed by atoms with Crippen LogP contribution in [0.4, 0.5) is 51.2 Å². The van der Waals surface area contributed by atoms with E-state index in [2.05, 4.69) is 288 Å². The highest BCUT2D eigenvalue weighted by Gasteiger charge is 2.45. The van der Waals surface area contributed by atoms with E-state index in [9.17, 15) is 0 Å². The second-order valence-corrected chi connectivity index (χ2v) is 26.3. The SMILES string of the molecule is CC(C)(C)c1ccc(-c2nc3cc4c(cc3o2)B2c3cc(C(C)(C)C)ccc3N(c3ccc(C(C)(C)C)cc3)c3cc(N(c5ccccc5)c5ccccc5)cc(c32)N4c2cc(C(C)(C)C)cc(C(C)(C)C)c2)cc1. The monoisotopic (exact) mass is 985 g/mol. The highest BCUT2D eigenvalue weighted by molar-refractivity contribution is 7.00. The zero-order chi connectivity index (χ0) is 53.1. The van der Waals surface area contributed by atoms with Crippen molar-refractivity contribution in [1.29, 1.82) is 0 Å². The standard InChI is InChI=1S/C69H73BN4O/c1-65(2,3)45-28-26-44(27-29-45)64-71-57-43-59-56(42-62(57)75-64)70-55-39-47(67(7,8)9)32-35-58(55)73(52-33-30-46(31-34-52)66(4,5)6)60-40-54(72(50-22-18-16-19-23-50)51-24-20-17-21-25-51)41-61(63(60)70)74(59)53-37-48(68(10,11)12)36-49(38-53)69(13,14)15/h16-43H,1-15H3. The van der Waals surface area contributed by atoms with E-state index in [1.54, 1.807) is 0 Å². The largest absolute Gasteiger partial charge is 0.436 e. The summed E-state index contributed by atoms with van der Waals surface area (Å²) in [6.07, 6.45) is 0. The van der Waals surface area contributed by atoms with Crippen molar-refractivity contribution in [3.63, 3.8) is 0 Å². The van der Waals surface area contributed by atoms with Gasteiger partial charge in [0.25, 0.3) is 6.71 Å². The molecule has 1 aromatic heterocycles. The maximum Gasteiger partial charge on any atom is 0.252 e. The van der Waals surface area contributed by atoms with Crippen LogP contribution in [0.25, 0.3) is 22.6 Å². The highest BCUT2D eigenvalue weighted by Crippen LogP contribution is 2.50. The number of rotatable bonds is 6. The van der Waals surface area contributed by atoms with Crippen LogP contribution in [0.3, 0.4) is 0 Å². The Labute approximate surface area is 447 Å². The predicted octanol–water partition coefficient (Wildman–Crippen LogP) is 17.5. The summed E-state index contributed by atoms with van der Waals surface area (Å²) in [4.78, 5) is 12.9. The highest BCUT2D eigenvalue weighted by atomic mass is 16.3. The van der Waals surface area contributed by atoms with E-state index >= 15 is 0 Å². The molecule has 0 fully saturated rings. The number of para-hydroxylation sites is 2. The molecular formula is C69H73BN4O. The van der Waals surface area contributed by atoms with Crippen molar-refractivity contribution in [2.24, 2.45) is 0 Å². The first-order valence-corrected chi connectivity index (χ1v) is 27.0. The van der Waals surface area contributed by atoms with Crippen LogP contribution in [0.15, 0.2) is 174 Å². The summed E-state index contributed by atoms with van der Waals surface area (Å²) in [7, 11) is 0. The Bertz CT molecular complexity index is 3540. The van der Waals surface area contributed by atoms with Gasteiger partial charge in [-0.1, -0.05) is 183 Å². The van der Waals surface area contributed by atoms with Crippen LogP contribution in [0.2, 0.25) is 0 Å². The summed E-state index contributed by atoms with van der Waals surface area (Å²) in [6.45, 7) is 34.5. The van der Waals surface area contributed by atoms with Gasteiger partial charge in [-0.25, -0.2) is 4.98 Å². The molecule has 0 aliphatic carbocycles. The molecule has 11 rings (SSSR count). The number of aromatic nitrogens is 1. The van der Waals surface area contributed by atoms with Crippen LogP contribution >= 0.6 is 0 Å². The third kappa shape index (κ3) is 9.04. The van der Waals surface area contributed by atoms with E-state index in [0.29, 0.717) is 5.89 Å². The average Bonchev–Trinajstić information content (AvgIpc) is 3.81. The Balaban J connectivity index is 1.29. The second kappa shape index (κ2) is 17.7. The molecule has 0 unspecified atom stereocenters. The van der Waals surface area contributed by atoms with Crippen LogP contribution in [0.5, 0.6) is 0 Å². The molecule has 2 aliphatic heterocycles. The van der Waals surface area contributed by atoms with Gasteiger partial charge < -0.3 is 19.1 Å². The minimum absolute atomic E-state index is 0.00447. The summed E-state index contributed by atoms with van der Waals surface area (Å²) in [6, 6.07) is 63.8. The maximum atomic E-state index is 6.94. The van der Waals surface area contributed by atoms with E-state index in [0.717, 1.165) is 62.2 Å². The first-order chi connectivity index (χ1) is 35.3. The van der Waals surface area contributed by atoms with Gasteiger partial charge in [0, 0.05) is 51.1 Å². The van der Waals surface area contributed by atoms with Crippen molar-refractivity contribution in [3.8, 4) is 11.5 Å². The quantitative estimate of drug-likeness (QED) is 0.155. The molecule has 378 valence electrons. The van der Waals surface area contributed by atoms with E-state index in [-0.39, 0.29) is 33.8 Å². The van der Waals surface area contributed by atoms with Gasteiger partial charge in [0.15, 0.2) is 5.58 Å². The lowest BCUT2D eigenvalue weighted by atomic mass is 9.33. The van der Waals surface area contributed by atoms with Crippen molar-refractivity contribution in [2.45, 2.75) is 131 Å². The Morgan fingerprint density at radius 3 is 1.36 bits per heavy atom. The second-order valence-electron chi connectivity index (χ2n) is 26.3. The molecule has 0 N–H and O–H groups in total. The molecule has 0 spiro atoms. The lowest BCUT2D eigenvalue weighted by Crippen LogP contribution is -2.61. The summed E-state index contributed by atoms with van der Waals surface area (Å²) in [5, 5.41) is 0. The van der Waals surface area contributed by atoms with Crippen LogP contribution in [-0.4, -0.2) is 11.7 Å². The van der Waals surface area contributed by atoms with Crippen LogP contribution in [-0.2, 0) is 27.1 Å². The van der Waals surface area contributed by atoms with Gasteiger partial charge in [-0.2, -0.15) is 0 Å². The molecule has 0 atom stereocenters. The third-order valence-corrected chi connectivity index (χ3v) is 15.6. The van der Waals surface area contributed by atoms with Crippen molar-refractivity contribution in [1.82, 2.24) is 4.98 Å². The Kier molecular flexibility index (Phi) is 11.7. The minimum Gasteiger partial charge on any atom is -0.436 e. The van der Waals surface area contributed by atoms with Gasteiger partial charge in [0.1, 0.15) is 5.52 Å². The molecule has 0 saturated heterocycles. The van der Waals surface area contributed by atoms with E-state index in [4.69, 9.17) is 9.40 Å².